The number of hydrogen-bond acceptors (Lipinski definition) is 4. The summed E-state index contributed by atoms with van der Waals surface area (Å²) in [7, 11) is 0. The molecule has 0 saturated carbocycles. The van der Waals surface area contributed by atoms with E-state index in [4.69, 9.17) is 4.74 Å². The SMILES string of the molecule is Cc1ncc(Br)c(SC2CCOC2C)n1. The number of hydrogen-bond donors (Lipinski definition) is 0. The van der Waals surface area contributed by atoms with E-state index in [1.54, 1.807) is 11.8 Å². The van der Waals surface area contributed by atoms with Crippen LogP contribution in [0.5, 0.6) is 0 Å². The van der Waals surface area contributed by atoms with E-state index in [2.05, 4.69) is 32.8 Å². The van der Waals surface area contributed by atoms with Crippen LogP contribution in [-0.2, 0) is 4.74 Å². The molecule has 1 fully saturated rings. The second-order valence-corrected chi connectivity index (χ2v) is 5.67. The van der Waals surface area contributed by atoms with Crippen LogP contribution in [0.4, 0.5) is 0 Å². The molecule has 1 saturated heterocycles. The Balaban J connectivity index is 2.12. The minimum atomic E-state index is 0.317. The lowest BCUT2D eigenvalue weighted by Gasteiger charge is -2.13. The lowest BCUT2D eigenvalue weighted by Crippen LogP contribution is -2.13. The highest BCUT2D eigenvalue weighted by Crippen LogP contribution is 2.34. The van der Waals surface area contributed by atoms with Crippen molar-refractivity contribution in [1.82, 2.24) is 9.97 Å². The molecule has 82 valence electrons. The number of ether oxygens (including phenoxy) is 1. The van der Waals surface area contributed by atoms with Crippen molar-refractivity contribution in [1.29, 1.82) is 0 Å². The van der Waals surface area contributed by atoms with E-state index in [0.717, 1.165) is 28.4 Å². The number of halogens is 1. The highest BCUT2D eigenvalue weighted by atomic mass is 79.9. The molecule has 5 heteroatoms. The summed E-state index contributed by atoms with van der Waals surface area (Å²) >= 11 is 5.25. The predicted molar refractivity (Wildman–Crippen MR) is 64.1 cm³/mol. The van der Waals surface area contributed by atoms with Crippen molar-refractivity contribution in [3.63, 3.8) is 0 Å². The molecule has 2 unspecified atom stereocenters. The van der Waals surface area contributed by atoms with Crippen LogP contribution in [0.1, 0.15) is 19.2 Å². The maximum Gasteiger partial charge on any atom is 0.126 e. The van der Waals surface area contributed by atoms with Gasteiger partial charge in [0.2, 0.25) is 0 Å². The molecule has 15 heavy (non-hydrogen) atoms. The van der Waals surface area contributed by atoms with Crippen molar-refractivity contribution in [3.05, 3.63) is 16.5 Å². The summed E-state index contributed by atoms with van der Waals surface area (Å²) in [5.74, 6) is 0.812. The zero-order chi connectivity index (χ0) is 10.8. The minimum absolute atomic E-state index is 0.317. The van der Waals surface area contributed by atoms with Crippen LogP contribution in [0.3, 0.4) is 0 Å². The van der Waals surface area contributed by atoms with Gasteiger partial charge in [-0.3, -0.25) is 0 Å². The van der Waals surface area contributed by atoms with Gasteiger partial charge in [-0.2, -0.15) is 0 Å². The van der Waals surface area contributed by atoms with Crippen molar-refractivity contribution in [2.75, 3.05) is 6.61 Å². The molecule has 0 spiro atoms. The van der Waals surface area contributed by atoms with Gasteiger partial charge in [-0.25, -0.2) is 9.97 Å². The summed E-state index contributed by atoms with van der Waals surface area (Å²) in [4.78, 5) is 8.55. The maximum absolute atomic E-state index is 5.53. The van der Waals surface area contributed by atoms with Gasteiger partial charge in [0.1, 0.15) is 10.9 Å². The Morgan fingerprint density at radius 2 is 2.40 bits per heavy atom. The standard InChI is InChI=1S/C10H13BrN2OS/c1-6-9(3-4-14-6)15-10-8(11)5-12-7(2)13-10/h5-6,9H,3-4H2,1-2H3. The van der Waals surface area contributed by atoms with Gasteiger partial charge < -0.3 is 4.74 Å². The molecule has 0 aromatic carbocycles. The topological polar surface area (TPSA) is 35.0 Å². The van der Waals surface area contributed by atoms with Crippen molar-refractivity contribution >= 4 is 27.7 Å². The molecular weight excluding hydrogens is 276 g/mol. The van der Waals surface area contributed by atoms with Gasteiger partial charge in [0.25, 0.3) is 0 Å². The number of nitrogens with zero attached hydrogens (tertiary/aromatic N) is 2. The monoisotopic (exact) mass is 288 g/mol. The van der Waals surface area contributed by atoms with Crippen molar-refractivity contribution < 1.29 is 4.74 Å². The smallest absolute Gasteiger partial charge is 0.126 e. The molecule has 0 N–H and O–H groups in total. The summed E-state index contributed by atoms with van der Waals surface area (Å²) in [5, 5.41) is 1.53. The number of aromatic nitrogens is 2. The largest absolute Gasteiger partial charge is 0.377 e. The summed E-state index contributed by atoms with van der Waals surface area (Å²) in [6, 6.07) is 0. The van der Waals surface area contributed by atoms with Gasteiger partial charge in [0.05, 0.1) is 10.6 Å². The average Bonchev–Trinajstić information content (AvgIpc) is 2.58. The van der Waals surface area contributed by atoms with Crippen LogP contribution in [-0.4, -0.2) is 27.9 Å². The van der Waals surface area contributed by atoms with Crippen LogP contribution < -0.4 is 0 Å². The minimum Gasteiger partial charge on any atom is -0.377 e. The fourth-order valence-electron chi connectivity index (χ4n) is 1.53. The Labute approximate surface area is 102 Å². The van der Waals surface area contributed by atoms with Crippen LogP contribution in [0, 0.1) is 6.92 Å². The Morgan fingerprint density at radius 1 is 1.60 bits per heavy atom. The normalized spacial score (nSPS) is 25.8. The van der Waals surface area contributed by atoms with E-state index in [1.165, 1.54) is 0 Å². The molecule has 0 bridgehead atoms. The molecule has 0 aliphatic carbocycles. The second kappa shape index (κ2) is 4.80. The van der Waals surface area contributed by atoms with Crippen molar-refractivity contribution in [3.8, 4) is 0 Å². The summed E-state index contributed by atoms with van der Waals surface area (Å²) in [6.45, 7) is 4.89. The van der Waals surface area contributed by atoms with Gasteiger partial charge in [-0.15, -0.1) is 0 Å². The quantitative estimate of drug-likeness (QED) is 0.784. The fraction of sp³-hybridized carbons (Fsp3) is 0.600. The third kappa shape index (κ3) is 2.71. The second-order valence-electron chi connectivity index (χ2n) is 3.59. The van der Waals surface area contributed by atoms with Crippen LogP contribution in [0.25, 0.3) is 0 Å². The highest BCUT2D eigenvalue weighted by Gasteiger charge is 2.26. The number of rotatable bonds is 2. The van der Waals surface area contributed by atoms with E-state index in [9.17, 15) is 0 Å². The maximum atomic E-state index is 5.53. The molecule has 1 aromatic rings. The van der Waals surface area contributed by atoms with E-state index in [-0.39, 0.29) is 0 Å². The lowest BCUT2D eigenvalue weighted by atomic mass is 10.3. The Bertz CT molecular complexity index is 361. The Hall–Kier alpha value is -0.130. The van der Waals surface area contributed by atoms with E-state index in [1.807, 2.05) is 13.1 Å². The zero-order valence-corrected chi connectivity index (χ0v) is 11.1. The molecule has 1 aliphatic rings. The Morgan fingerprint density at radius 3 is 3.07 bits per heavy atom. The Kier molecular flexibility index (Phi) is 3.64. The first-order chi connectivity index (χ1) is 7.16. The zero-order valence-electron chi connectivity index (χ0n) is 8.74. The molecule has 0 amide bonds. The van der Waals surface area contributed by atoms with Crippen molar-refractivity contribution in [2.45, 2.75) is 36.6 Å². The highest BCUT2D eigenvalue weighted by molar-refractivity contribution is 9.10. The molecule has 1 aromatic heterocycles. The van der Waals surface area contributed by atoms with Crippen LogP contribution in [0.2, 0.25) is 0 Å². The molecule has 0 radical (unpaired) electrons. The van der Waals surface area contributed by atoms with Crippen LogP contribution >= 0.6 is 27.7 Å². The molecule has 3 nitrogen and oxygen atoms in total. The number of thioether (sulfide) groups is 1. The van der Waals surface area contributed by atoms with E-state index < -0.39 is 0 Å². The fourth-order valence-corrected chi connectivity index (χ4v) is 3.12. The van der Waals surface area contributed by atoms with Crippen molar-refractivity contribution in [2.24, 2.45) is 0 Å². The summed E-state index contributed by atoms with van der Waals surface area (Å²) in [6.07, 6.45) is 3.23. The first-order valence-corrected chi connectivity index (χ1v) is 6.61. The van der Waals surface area contributed by atoms with E-state index in [0.29, 0.717) is 11.4 Å². The predicted octanol–water partition coefficient (Wildman–Crippen LogP) is 2.82. The van der Waals surface area contributed by atoms with Gasteiger partial charge in [0, 0.05) is 18.1 Å². The average molecular weight is 289 g/mol. The lowest BCUT2D eigenvalue weighted by molar-refractivity contribution is 0.127. The van der Waals surface area contributed by atoms with Gasteiger partial charge in [0.15, 0.2) is 0 Å². The molecule has 1 aliphatic heterocycles. The molecule has 2 heterocycles. The number of aryl methyl sites for hydroxylation is 1. The van der Waals surface area contributed by atoms with Gasteiger partial charge in [-0.05, 0) is 36.2 Å². The third-order valence-electron chi connectivity index (χ3n) is 2.40. The summed E-state index contributed by atoms with van der Waals surface area (Å²) < 4.78 is 6.50. The molecule has 2 rings (SSSR count). The molecule has 2 atom stereocenters. The first-order valence-electron chi connectivity index (χ1n) is 4.94. The third-order valence-corrected chi connectivity index (χ3v) is 4.70. The first kappa shape index (κ1) is 11.4. The molecular formula is C10H13BrN2OS. The van der Waals surface area contributed by atoms with Gasteiger partial charge in [-0.1, -0.05) is 11.8 Å². The van der Waals surface area contributed by atoms with E-state index >= 15 is 0 Å². The summed E-state index contributed by atoms with van der Waals surface area (Å²) in [5.41, 5.74) is 0. The van der Waals surface area contributed by atoms with Crippen LogP contribution in [0.15, 0.2) is 15.7 Å². The van der Waals surface area contributed by atoms with Gasteiger partial charge >= 0.3 is 0 Å².